The first-order valence-electron chi connectivity index (χ1n) is 12.6. The van der Waals surface area contributed by atoms with E-state index in [4.69, 9.17) is 11.6 Å². The van der Waals surface area contributed by atoms with Crippen LogP contribution in [0.4, 0.5) is 24.7 Å². The Bertz CT molecular complexity index is 1600. The van der Waals surface area contributed by atoms with Gasteiger partial charge in [-0.2, -0.15) is 13.2 Å². The summed E-state index contributed by atoms with van der Waals surface area (Å²) in [6.07, 6.45) is -3.13. The number of pyridine rings is 1. The van der Waals surface area contributed by atoms with Gasteiger partial charge in [0.15, 0.2) is 5.82 Å². The Morgan fingerprint density at radius 3 is 2.37 bits per heavy atom. The Morgan fingerprint density at radius 2 is 1.73 bits per heavy atom. The minimum Gasteiger partial charge on any atom is -0.373 e. The van der Waals surface area contributed by atoms with Crippen LogP contribution in [-0.2, 0) is 17.5 Å². The summed E-state index contributed by atoms with van der Waals surface area (Å²) >= 11 is 6.32. The third kappa shape index (κ3) is 7.49. The topological polar surface area (TPSA) is 109 Å². The molecule has 0 aliphatic heterocycles. The van der Waals surface area contributed by atoms with Gasteiger partial charge in [0.25, 0.3) is 5.91 Å². The second-order valence-corrected chi connectivity index (χ2v) is 11.0. The molecule has 0 aliphatic rings. The van der Waals surface area contributed by atoms with Gasteiger partial charge in [-0.05, 0) is 53.4 Å². The van der Waals surface area contributed by atoms with Crippen molar-refractivity contribution in [2.45, 2.75) is 39.9 Å². The fourth-order valence-electron chi connectivity index (χ4n) is 4.02. The Labute approximate surface area is 239 Å². The molecule has 0 radical (unpaired) electrons. The van der Waals surface area contributed by atoms with E-state index in [1.165, 1.54) is 6.07 Å². The van der Waals surface area contributed by atoms with Crippen LogP contribution in [0.3, 0.4) is 0 Å². The number of fused-ring (bicyclic) bond motifs is 1. The molecule has 214 valence electrons. The summed E-state index contributed by atoms with van der Waals surface area (Å²) in [5.74, 6) is 0.0547. The van der Waals surface area contributed by atoms with Crippen molar-refractivity contribution in [3.63, 3.8) is 0 Å². The molecule has 12 heteroatoms. The summed E-state index contributed by atoms with van der Waals surface area (Å²) in [5, 5.41) is 9.50. The van der Waals surface area contributed by atoms with Crippen molar-refractivity contribution in [3.8, 4) is 11.4 Å². The molecule has 4 aromatic rings. The van der Waals surface area contributed by atoms with Gasteiger partial charge in [0.05, 0.1) is 16.1 Å². The SMILES string of the molecule is CNc1nc(-c2ccc(C(F)(F)F)nc2)nc2cc(NC(=O)c3cc(CNC(=O)CC(C)(C)C)ccc3Cl)ccc12. The second-order valence-electron chi connectivity index (χ2n) is 10.6. The largest absolute Gasteiger partial charge is 0.433 e. The van der Waals surface area contributed by atoms with Gasteiger partial charge in [-0.1, -0.05) is 38.4 Å². The van der Waals surface area contributed by atoms with Gasteiger partial charge in [0, 0.05) is 42.8 Å². The summed E-state index contributed by atoms with van der Waals surface area (Å²) in [4.78, 5) is 37.7. The number of benzene rings is 2. The maximum Gasteiger partial charge on any atom is 0.433 e. The van der Waals surface area contributed by atoms with Crippen molar-refractivity contribution < 1.29 is 22.8 Å². The summed E-state index contributed by atoms with van der Waals surface area (Å²) in [6.45, 7) is 6.17. The van der Waals surface area contributed by atoms with Crippen LogP contribution in [0.2, 0.25) is 5.02 Å². The first-order chi connectivity index (χ1) is 19.2. The Balaban J connectivity index is 1.57. The minimum atomic E-state index is -4.56. The molecule has 8 nitrogen and oxygen atoms in total. The van der Waals surface area contributed by atoms with E-state index in [-0.39, 0.29) is 34.3 Å². The van der Waals surface area contributed by atoms with Crippen LogP contribution in [0.5, 0.6) is 0 Å². The van der Waals surface area contributed by atoms with Crippen molar-refractivity contribution >= 4 is 45.8 Å². The zero-order chi connectivity index (χ0) is 29.9. The normalized spacial score (nSPS) is 11.8. The molecule has 2 aromatic heterocycles. The highest BCUT2D eigenvalue weighted by Gasteiger charge is 2.32. The van der Waals surface area contributed by atoms with Crippen LogP contribution in [0.15, 0.2) is 54.7 Å². The number of nitrogens with zero attached hydrogens (tertiary/aromatic N) is 3. The van der Waals surface area contributed by atoms with E-state index in [0.29, 0.717) is 40.0 Å². The molecule has 2 amide bonds. The lowest BCUT2D eigenvalue weighted by molar-refractivity contribution is -0.141. The van der Waals surface area contributed by atoms with E-state index in [1.807, 2.05) is 20.8 Å². The molecule has 0 saturated carbocycles. The average molecular weight is 585 g/mol. The number of amides is 2. The molecular weight excluding hydrogens is 557 g/mol. The first kappa shape index (κ1) is 29.7. The standard InChI is InChI=1S/C29H28ClF3N6O2/c1-28(2,3)13-24(40)36-14-16-5-9-21(30)20(11-16)27(41)37-18-7-8-19-22(12-18)38-25(39-26(19)34-4)17-6-10-23(35-15-17)29(31,32)33/h5-12,15H,13-14H2,1-4H3,(H,36,40)(H,37,41)(H,34,38,39). The first-order valence-corrected chi connectivity index (χ1v) is 13.0. The van der Waals surface area contributed by atoms with E-state index in [9.17, 15) is 22.8 Å². The van der Waals surface area contributed by atoms with Gasteiger partial charge in [-0.25, -0.2) is 9.97 Å². The second kappa shape index (κ2) is 11.7. The number of rotatable bonds is 7. The van der Waals surface area contributed by atoms with E-state index < -0.39 is 17.8 Å². The number of hydrogen-bond donors (Lipinski definition) is 3. The van der Waals surface area contributed by atoms with Gasteiger partial charge in [-0.15, -0.1) is 0 Å². The van der Waals surface area contributed by atoms with Crippen LogP contribution in [0, 0.1) is 5.41 Å². The lowest BCUT2D eigenvalue weighted by atomic mass is 9.92. The zero-order valence-electron chi connectivity index (χ0n) is 22.8. The van der Waals surface area contributed by atoms with Gasteiger partial charge in [0.1, 0.15) is 11.5 Å². The molecule has 0 atom stereocenters. The number of nitrogens with one attached hydrogen (secondary N) is 3. The molecular formula is C29H28ClF3N6O2. The van der Waals surface area contributed by atoms with Gasteiger partial charge in [0.2, 0.25) is 5.91 Å². The number of carbonyl (C=O) groups excluding carboxylic acids is 2. The third-order valence-electron chi connectivity index (χ3n) is 5.96. The molecule has 0 unspecified atom stereocenters. The maximum absolute atomic E-state index is 13.1. The predicted octanol–water partition coefficient (Wildman–Crippen LogP) is 6.71. The van der Waals surface area contributed by atoms with Crippen LogP contribution in [0.1, 0.15) is 48.8 Å². The summed E-state index contributed by atoms with van der Waals surface area (Å²) in [5.41, 5.74) is 0.924. The minimum absolute atomic E-state index is 0.0935. The molecule has 0 saturated heterocycles. The molecule has 0 spiro atoms. The molecule has 41 heavy (non-hydrogen) atoms. The molecule has 0 fully saturated rings. The highest BCUT2D eigenvalue weighted by molar-refractivity contribution is 6.34. The molecule has 0 aliphatic carbocycles. The smallest absolute Gasteiger partial charge is 0.373 e. The van der Waals surface area contributed by atoms with Crippen molar-refractivity contribution in [1.82, 2.24) is 20.3 Å². The molecule has 2 heterocycles. The molecule has 4 rings (SSSR count). The molecule has 2 aromatic carbocycles. The van der Waals surface area contributed by atoms with Crippen LogP contribution in [-0.4, -0.2) is 33.8 Å². The quantitative estimate of drug-likeness (QED) is 0.223. The summed E-state index contributed by atoms with van der Waals surface area (Å²) in [6, 6.07) is 12.1. The van der Waals surface area contributed by atoms with Gasteiger partial charge >= 0.3 is 6.18 Å². The Kier molecular flexibility index (Phi) is 8.48. The fourth-order valence-corrected chi connectivity index (χ4v) is 4.22. The van der Waals surface area contributed by atoms with E-state index in [0.717, 1.165) is 12.3 Å². The highest BCUT2D eigenvalue weighted by atomic mass is 35.5. The van der Waals surface area contributed by atoms with Crippen molar-refractivity contribution in [2.75, 3.05) is 17.7 Å². The lowest BCUT2D eigenvalue weighted by Gasteiger charge is -2.17. The zero-order valence-corrected chi connectivity index (χ0v) is 23.5. The van der Waals surface area contributed by atoms with Crippen molar-refractivity contribution in [3.05, 3.63) is 76.6 Å². The number of alkyl halides is 3. The molecule has 0 bridgehead atoms. The van der Waals surface area contributed by atoms with Crippen LogP contribution >= 0.6 is 11.6 Å². The monoisotopic (exact) mass is 584 g/mol. The fraction of sp³-hybridized carbons (Fsp3) is 0.276. The average Bonchev–Trinajstić information content (AvgIpc) is 2.90. The number of aromatic nitrogens is 3. The predicted molar refractivity (Wildman–Crippen MR) is 153 cm³/mol. The highest BCUT2D eigenvalue weighted by Crippen LogP contribution is 2.30. The third-order valence-corrected chi connectivity index (χ3v) is 6.29. The van der Waals surface area contributed by atoms with Gasteiger partial charge < -0.3 is 16.0 Å². The number of hydrogen-bond acceptors (Lipinski definition) is 6. The molecule has 3 N–H and O–H groups in total. The van der Waals surface area contributed by atoms with Crippen molar-refractivity contribution in [1.29, 1.82) is 0 Å². The van der Waals surface area contributed by atoms with Crippen LogP contribution in [0.25, 0.3) is 22.3 Å². The Morgan fingerprint density at radius 1 is 0.976 bits per heavy atom. The summed E-state index contributed by atoms with van der Waals surface area (Å²) < 4.78 is 38.8. The van der Waals surface area contributed by atoms with E-state index in [1.54, 1.807) is 43.4 Å². The number of halogens is 4. The van der Waals surface area contributed by atoms with Crippen molar-refractivity contribution in [2.24, 2.45) is 5.41 Å². The van der Waals surface area contributed by atoms with Crippen LogP contribution < -0.4 is 16.0 Å². The maximum atomic E-state index is 13.1. The van der Waals surface area contributed by atoms with E-state index in [2.05, 4.69) is 30.9 Å². The Hall–Kier alpha value is -4.25. The number of anilines is 2. The lowest BCUT2D eigenvalue weighted by Crippen LogP contribution is -2.27. The summed E-state index contributed by atoms with van der Waals surface area (Å²) in [7, 11) is 1.66. The van der Waals surface area contributed by atoms with E-state index >= 15 is 0 Å². The van der Waals surface area contributed by atoms with Gasteiger partial charge in [-0.3, -0.25) is 14.6 Å². The number of carbonyl (C=O) groups is 2.